The molecule has 1 heterocycles. The zero-order chi connectivity index (χ0) is 10.3. The summed E-state index contributed by atoms with van der Waals surface area (Å²) in [7, 11) is -1.40. The summed E-state index contributed by atoms with van der Waals surface area (Å²) in [6.07, 6.45) is 0. The number of thiophene rings is 1. The van der Waals surface area contributed by atoms with Crippen LogP contribution in [0.2, 0.25) is 0 Å². The lowest BCUT2D eigenvalue weighted by atomic mass is 9.80. The van der Waals surface area contributed by atoms with Gasteiger partial charge in [0.15, 0.2) is 0 Å². The SMILES string of the molecule is OB(O)c1ccc2scc(Br)c2c1I. The van der Waals surface area contributed by atoms with Crippen molar-refractivity contribution in [3.05, 3.63) is 25.6 Å². The third-order valence-corrected chi connectivity index (χ3v) is 4.98. The third kappa shape index (κ3) is 1.74. The molecular formula is C8H5BBrIO2S. The van der Waals surface area contributed by atoms with Gasteiger partial charge in [-0.3, -0.25) is 0 Å². The largest absolute Gasteiger partial charge is 0.489 e. The Morgan fingerprint density at radius 3 is 2.71 bits per heavy atom. The van der Waals surface area contributed by atoms with Crippen molar-refractivity contribution in [1.82, 2.24) is 0 Å². The molecule has 2 N–H and O–H groups in total. The Morgan fingerprint density at radius 2 is 2.07 bits per heavy atom. The zero-order valence-electron chi connectivity index (χ0n) is 6.87. The minimum Gasteiger partial charge on any atom is -0.423 e. The van der Waals surface area contributed by atoms with Crippen LogP contribution in [-0.2, 0) is 0 Å². The highest BCUT2D eigenvalue weighted by molar-refractivity contribution is 14.1. The van der Waals surface area contributed by atoms with Gasteiger partial charge in [0.1, 0.15) is 0 Å². The van der Waals surface area contributed by atoms with E-state index in [-0.39, 0.29) is 0 Å². The van der Waals surface area contributed by atoms with Gasteiger partial charge in [-0.15, -0.1) is 11.3 Å². The highest BCUT2D eigenvalue weighted by atomic mass is 127. The van der Waals surface area contributed by atoms with Gasteiger partial charge in [0.25, 0.3) is 0 Å². The average molecular weight is 383 g/mol. The maximum Gasteiger partial charge on any atom is 0.489 e. The molecule has 0 saturated carbocycles. The van der Waals surface area contributed by atoms with Crippen LogP contribution < -0.4 is 5.46 Å². The molecule has 0 atom stereocenters. The topological polar surface area (TPSA) is 40.5 Å². The zero-order valence-corrected chi connectivity index (χ0v) is 11.4. The van der Waals surface area contributed by atoms with Crippen LogP contribution in [0.25, 0.3) is 10.1 Å². The Kier molecular flexibility index (Phi) is 3.18. The highest BCUT2D eigenvalue weighted by Gasteiger charge is 2.18. The molecule has 0 aliphatic carbocycles. The summed E-state index contributed by atoms with van der Waals surface area (Å²) in [4.78, 5) is 0. The number of benzene rings is 1. The van der Waals surface area contributed by atoms with Gasteiger partial charge in [-0.05, 0) is 50.0 Å². The van der Waals surface area contributed by atoms with Gasteiger partial charge in [-0.1, -0.05) is 6.07 Å². The Morgan fingerprint density at radius 1 is 1.36 bits per heavy atom. The number of hydrogen-bond acceptors (Lipinski definition) is 3. The lowest BCUT2D eigenvalue weighted by Crippen LogP contribution is -2.32. The maximum atomic E-state index is 9.13. The first-order chi connectivity index (χ1) is 6.61. The fourth-order valence-electron chi connectivity index (χ4n) is 1.27. The summed E-state index contributed by atoms with van der Waals surface area (Å²) in [5.74, 6) is 0. The number of fused-ring (bicyclic) bond motifs is 1. The predicted octanol–water partition coefficient (Wildman–Crippen LogP) is 1.95. The van der Waals surface area contributed by atoms with E-state index in [4.69, 9.17) is 10.0 Å². The molecule has 0 unspecified atom stereocenters. The molecule has 14 heavy (non-hydrogen) atoms. The van der Waals surface area contributed by atoms with Gasteiger partial charge in [0, 0.05) is 23.5 Å². The van der Waals surface area contributed by atoms with Crippen LogP contribution >= 0.6 is 49.9 Å². The molecule has 72 valence electrons. The van der Waals surface area contributed by atoms with Gasteiger partial charge < -0.3 is 10.0 Å². The molecule has 0 spiro atoms. The molecule has 1 aromatic heterocycles. The van der Waals surface area contributed by atoms with Gasteiger partial charge in [-0.2, -0.15) is 0 Å². The normalized spacial score (nSPS) is 10.9. The van der Waals surface area contributed by atoms with Gasteiger partial charge in [0.2, 0.25) is 0 Å². The van der Waals surface area contributed by atoms with Crippen molar-refractivity contribution < 1.29 is 10.0 Å². The van der Waals surface area contributed by atoms with E-state index in [1.165, 1.54) is 0 Å². The molecule has 0 fully saturated rings. The first-order valence-corrected chi connectivity index (χ1v) is 6.57. The summed E-state index contributed by atoms with van der Waals surface area (Å²) in [6.45, 7) is 0. The Hall–Kier alpha value is 0.375. The first kappa shape index (κ1) is 10.9. The minimum absolute atomic E-state index is 0.553. The van der Waals surface area contributed by atoms with Gasteiger partial charge in [0.05, 0.1) is 0 Å². The number of hydrogen-bond donors (Lipinski definition) is 2. The van der Waals surface area contributed by atoms with Crippen molar-refractivity contribution >= 4 is 72.5 Å². The Balaban J connectivity index is 2.79. The van der Waals surface area contributed by atoms with Crippen LogP contribution in [0.5, 0.6) is 0 Å². The summed E-state index contributed by atoms with van der Waals surface area (Å²) < 4.78 is 3.04. The molecule has 2 rings (SSSR count). The molecule has 0 amide bonds. The van der Waals surface area contributed by atoms with Crippen molar-refractivity contribution in [2.45, 2.75) is 0 Å². The summed E-state index contributed by atoms with van der Waals surface area (Å²) >= 11 is 7.21. The molecule has 6 heteroatoms. The molecule has 2 aromatic rings. The fourth-order valence-corrected chi connectivity index (χ4v) is 4.51. The van der Waals surface area contributed by atoms with Crippen LogP contribution in [0.3, 0.4) is 0 Å². The van der Waals surface area contributed by atoms with E-state index in [9.17, 15) is 0 Å². The van der Waals surface area contributed by atoms with Gasteiger partial charge >= 0.3 is 7.12 Å². The van der Waals surface area contributed by atoms with Crippen LogP contribution in [0.4, 0.5) is 0 Å². The quantitative estimate of drug-likeness (QED) is 0.584. The van der Waals surface area contributed by atoms with E-state index in [1.54, 1.807) is 17.4 Å². The highest BCUT2D eigenvalue weighted by Crippen LogP contribution is 2.32. The first-order valence-electron chi connectivity index (χ1n) is 3.82. The van der Waals surface area contributed by atoms with Crippen molar-refractivity contribution in [1.29, 1.82) is 0 Å². The average Bonchev–Trinajstić information content (AvgIpc) is 2.48. The second-order valence-corrected chi connectivity index (χ2v) is 5.64. The van der Waals surface area contributed by atoms with Crippen molar-refractivity contribution in [2.24, 2.45) is 0 Å². The minimum atomic E-state index is -1.40. The Bertz CT molecular complexity index is 485. The maximum absolute atomic E-state index is 9.13. The molecule has 2 nitrogen and oxygen atoms in total. The van der Waals surface area contributed by atoms with E-state index in [0.717, 1.165) is 18.1 Å². The standard InChI is InChI=1S/C8H5BBrIO2S/c10-5-3-14-6-2-1-4(9(12)13)8(11)7(5)6/h1-3,12-13H. The van der Waals surface area contributed by atoms with Crippen LogP contribution in [-0.4, -0.2) is 17.2 Å². The van der Waals surface area contributed by atoms with Crippen LogP contribution in [0, 0.1) is 3.57 Å². The van der Waals surface area contributed by atoms with Crippen LogP contribution in [0.1, 0.15) is 0 Å². The Labute approximate surface area is 107 Å². The molecule has 1 aromatic carbocycles. The monoisotopic (exact) mass is 382 g/mol. The van der Waals surface area contributed by atoms with E-state index in [1.807, 2.05) is 11.4 Å². The molecule has 0 saturated heterocycles. The molecular weight excluding hydrogens is 378 g/mol. The van der Waals surface area contributed by atoms with E-state index in [0.29, 0.717) is 5.46 Å². The lowest BCUT2D eigenvalue weighted by Gasteiger charge is -2.04. The van der Waals surface area contributed by atoms with E-state index >= 15 is 0 Å². The molecule has 0 bridgehead atoms. The summed E-state index contributed by atoms with van der Waals surface area (Å²) in [6, 6.07) is 3.65. The lowest BCUT2D eigenvalue weighted by molar-refractivity contribution is 0.425. The van der Waals surface area contributed by atoms with Crippen molar-refractivity contribution in [3.8, 4) is 0 Å². The van der Waals surface area contributed by atoms with Crippen molar-refractivity contribution in [2.75, 3.05) is 0 Å². The third-order valence-electron chi connectivity index (χ3n) is 1.94. The van der Waals surface area contributed by atoms with E-state index in [2.05, 4.69) is 38.5 Å². The van der Waals surface area contributed by atoms with Gasteiger partial charge in [-0.25, -0.2) is 0 Å². The van der Waals surface area contributed by atoms with E-state index < -0.39 is 7.12 Å². The predicted molar refractivity (Wildman–Crippen MR) is 72.1 cm³/mol. The summed E-state index contributed by atoms with van der Waals surface area (Å²) in [5.41, 5.74) is 0.553. The summed E-state index contributed by atoms with van der Waals surface area (Å²) in [5, 5.41) is 21.3. The molecule has 0 aliphatic heterocycles. The second-order valence-electron chi connectivity index (χ2n) is 2.80. The smallest absolute Gasteiger partial charge is 0.423 e. The molecule has 0 radical (unpaired) electrons. The van der Waals surface area contributed by atoms with Crippen molar-refractivity contribution in [3.63, 3.8) is 0 Å². The number of halogens is 2. The van der Waals surface area contributed by atoms with Crippen LogP contribution in [0.15, 0.2) is 22.0 Å². The second kappa shape index (κ2) is 4.09. The molecule has 0 aliphatic rings. The fraction of sp³-hybridized carbons (Fsp3) is 0. The number of rotatable bonds is 1.